The second-order valence-electron chi connectivity index (χ2n) is 5.89. The van der Waals surface area contributed by atoms with E-state index in [9.17, 15) is 9.59 Å². The molecule has 4 rings (SSSR count). The number of hydrogen-bond acceptors (Lipinski definition) is 5. The Kier molecular flexibility index (Phi) is 4.70. The summed E-state index contributed by atoms with van der Waals surface area (Å²) in [4.78, 5) is 30.1. The lowest BCUT2D eigenvalue weighted by molar-refractivity contribution is 0.0994. The molecule has 0 aliphatic heterocycles. The summed E-state index contributed by atoms with van der Waals surface area (Å²) >= 11 is 1.39. The van der Waals surface area contributed by atoms with Crippen LogP contribution in [-0.4, -0.2) is 24.2 Å². The average Bonchev–Trinajstić information content (AvgIpc) is 3.03. The van der Waals surface area contributed by atoms with Crippen LogP contribution in [0.1, 0.15) is 10.4 Å². The molecule has 1 amide bonds. The molecule has 2 aromatic carbocycles. The summed E-state index contributed by atoms with van der Waals surface area (Å²) in [5, 5.41) is 0.363. The molecule has 0 radical (unpaired) electrons. The Hall–Kier alpha value is -3.03. The first kappa shape index (κ1) is 17.4. The number of rotatable bonds is 4. The van der Waals surface area contributed by atoms with Crippen LogP contribution in [0.5, 0.6) is 0 Å². The van der Waals surface area contributed by atoms with Gasteiger partial charge in [0.25, 0.3) is 5.91 Å². The summed E-state index contributed by atoms with van der Waals surface area (Å²) in [5.41, 5.74) is 0.951. The van der Waals surface area contributed by atoms with Crippen LogP contribution in [-0.2, 0) is 11.3 Å². The zero-order valence-electron chi connectivity index (χ0n) is 14.5. The molecule has 7 heteroatoms. The number of fused-ring (bicyclic) bond motifs is 2. The molecule has 4 aromatic rings. The Labute approximate surface area is 158 Å². The van der Waals surface area contributed by atoms with E-state index in [-0.39, 0.29) is 11.0 Å². The van der Waals surface area contributed by atoms with Crippen LogP contribution in [0.4, 0.5) is 0 Å². The van der Waals surface area contributed by atoms with Crippen molar-refractivity contribution in [2.45, 2.75) is 6.54 Å². The van der Waals surface area contributed by atoms with E-state index in [1.54, 1.807) is 31.4 Å². The Morgan fingerprint density at radius 3 is 2.81 bits per heavy atom. The van der Waals surface area contributed by atoms with Crippen LogP contribution in [0.25, 0.3) is 21.2 Å². The van der Waals surface area contributed by atoms with Gasteiger partial charge >= 0.3 is 0 Å². The number of thiazole rings is 1. The number of nitrogens with zero attached hydrogens (tertiary/aromatic N) is 2. The average molecular weight is 380 g/mol. The molecule has 2 aromatic heterocycles. The molecule has 0 bridgehead atoms. The van der Waals surface area contributed by atoms with Gasteiger partial charge in [-0.15, -0.1) is 0 Å². The van der Waals surface area contributed by atoms with Crippen molar-refractivity contribution in [3.63, 3.8) is 0 Å². The molecule has 0 saturated carbocycles. The maximum absolute atomic E-state index is 12.7. The van der Waals surface area contributed by atoms with Gasteiger partial charge in [-0.05, 0) is 24.3 Å². The van der Waals surface area contributed by atoms with E-state index in [0.29, 0.717) is 28.9 Å². The van der Waals surface area contributed by atoms with Crippen LogP contribution in [0.3, 0.4) is 0 Å². The zero-order valence-corrected chi connectivity index (χ0v) is 15.4. The standard InChI is InChI=1S/C20H16N2O4S/c1-25-11-10-22-15-7-3-5-9-17(15)27-20(22)21-19(24)14-12-26-16-8-4-2-6-13(16)18(14)23/h2-9,12H,10-11H2,1H3. The predicted molar refractivity (Wildman–Crippen MR) is 104 cm³/mol. The molecule has 6 nitrogen and oxygen atoms in total. The van der Waals surface area contributed by atoms with E-state index in [0.717, 1.165) is 10.2 Å². The van der Waals surface area contributed by atoms with Crippen LogP contribution in [0.2, 0.25) is 0 Å². The van der Waals surface area contributed by atoms with Crippen LogP contribution >= 0.6 is 11.3 Å². The fourth-order valence-corrected chi connectivity index (χ4v) is 3.93. The number of carbonyl (C=O) groups excluding carboxylic acids is 1. The molecule has 27 heavy (non-hydrogen) atoms. The smallest absolute Gasteiger partial charge is 0.286 e. The number of methoxy groups -OCH3 is 1. The highest BCUT2D eigenvalue weighted by atomic mass is 32.1. The minimum atomic E-state index is -0.618. The summed E-state index contributed by atoms with van der Waals surface area (Å²) in [6, 6.07) is 14.6. The van der Waals surface area contributed by atoms with Gasteiger partial charge in [0.2, 0.25) is 5.43 Å². The lowest BCUT2D eigenvalue weighted by Crippen LogP contribution is -2.21. The minimum Gasteiger partial charge on any atom is -0.463 e. The van der Waals surface area contributed by atoms with Crippen molar-refractivity contribution in [3.8, 4) is 0 Å². The fraction of sp³-hybridized carbons (Fsp3) is 0.150. The van der Waals surface area contributed by atoms with E-state index < -0.39 is 5.91 Å². The van der Waals surface area contributed by atoms with Crippen molar-refractivity contribution in [3.05, 3.63) is 75.4 Å². The molecular formula is C20H16N2O4S. The van der Waals surface area contributed by atoms with E-state index in [2.05, 4.69) is 4.99 Å². The van der Waals surface area contributed by atoms with Gasteiger partial charge < -0.3 is 13.7 Å². The van der Waals surface area contributed by atoms with Gasteiger partial charge in [0.15, 0.2) is 4.80 Å². The van der Waals surface area contributed by atoms with Crippen molar-refractivity contribution < 1.29 is 13.9 Å². The van der Waals surface area contributed by atoms with Crippen molar-refractivity contribution in [1.82, 2.24) is 4.57 Å². The second kappa shape index (κ2) is 7.30. The number of aromatic nitrogens is 1. The molecule has 0 fully saturated rings. The highest BCUT2D eigenvalue weighted by molar-refractivity contribution is 7.16. The maximum atomic E-state index is 12.7. The minimum absolute atomic E-state index is 0.0792. The first-order valence-corrected chi connectivity index (χ1v) is 9.17. The van der Waals surface area contributed by atoms with Gasteiger partial charge in [-0.3, -0.25) is 9.59 Å². The first-order valence-electron chi connectivity index (χ1n) is 8.36. The Morgan fingerprint density at radius 2 is 1.96 bits per heavy atom. The van der Waals surface area contributed by atoms with Crippen molar-refractivity contribution in [2.24, 2.45) is 4.99 Å². The monoisotopic (exact) mass is 380 g/mol. The normalized spacial score (nSPS) is 12.1. The second-order valence-corrected chi connectivity index (χ2v) is 6.90. The van der Waals surface area contributed by atoms with E-state index in [1.165, 1.54) is 17.6 Å². The Morgan fingerprint density at radius 1 is 1.19 bits per heavy atom. The molecule has 0 N–H and O–H groups in total. The maximum Gasteiger partial charge on any atom is 0.286 e. The molecule has 0 aliphatic rings. The summed E-state index contributed by atoms with van der Waals surface area (Å²) < 4.78 is 13.5. The molecule has 136 valence electrons. The van der Waals surface area contributed by atoms with Gasteiger partial charge in [-0.2, -0.15) is 4.99 Å². The highest BCUT2D eigenvalue weighted by Crippen LogP contribution is 2.17. The highest BCUT2D eigenvalue weighted by Gasteiger charge is 2.15. The molecule has 0 spiro atoms. The zero-order chi connectivity index (χ0) is 18.8. The number of ether oxygens (including phenoxy) is 1. The summed E-state index contributed by atoms with van der Waals surface area (Å²) in [6.45, 7) is 1.04. The fourth-order valence-electron chi connectivity index (χ4n) is 2.88. The topological polar surface area (TPSA) is 73.8 Å². The van der Waals surface area contributed by atoms with Crippen molar-refractivity contribution in [1.29, 1.82) is 0 Å². The molecule has 0 saturated heterocycles. The summed E-state index contributed by atoms with van der Waals surface area (Å²) in [6.07, 6.45) is 1.18. The van der Waals surface area contributed by atoms with Gasteiger partial charge in [0.05, 0.1) is 22.2 Å². The molecule has 0 aliphatic carbocycles. The molecular weight excluding hydrogens is 364 g/mol. The third-order valence-corrected chi connectivity index (χ3v) is 5.27. The third kappa shape index (κ3) is 3.22. The first-order chi connectivity index (χ1) is 13.2. The number of carbonyl (C=O) groups is 1. The predicted octanol–water partition coefficient (Wildman–Crippen LogP) is 3.20. The Balaban J connectivity index is 1.85. The van der Waals surface area contributed by atoms with Gasteiger partial charge in [0, 0.05) is 13.7 Å². The largest absolute Gasteiger partial charge is 0.463 e. The lowest BCUT2D eigenvalue weighted by atomic mass is 10.2. The summed E-state index contributed by atoms with van der Waals surface area (Å²) in [7, 11) is 1.62. The number of benzene rings is 2. The molecule has 0 atom stereocenters. The van der Waals surface area contributed by atoms with Crippen LogP contribution < -0.4 is 10.2 Å². The van der Waals surface area contributed by atoms with Crippen LogP contribution in [0, 0.1) is 0 Å². The Bertz CT molecular complexity index is 1270. The van der Waals surface area contributed by atoms with Crippen LogP contribution in [0.15, 0.2) is 69.0 Å². The van der Waals surface area contributed by atoms with E-state index in [1.807, 2.05) is 28.8 Å². The van der Waals surface area contributed by atoms with Gasteiger partial charge in [0.1, 0.15) is 17.4 Å². The lowest BCUT2D eigenvalue weighted by Gasteiger charge is -2.04. The van der Waals surface area contributed by atoms with Gasteiger partial charge in [-0.25, -0.2) is 0 Å². The summed E-state index contributed by atoms with van der Waals surface area (Å²) in [5.74, 6) is -0.618. The van der Waals surface area contributed by atoms with E-state index in [4.69, 9.17) is 9.15 Å². The molecule has 2 heterocycles. The third-order valence-electron chi connectivity index (χ3n) is 4.21. The van der Waals surface area contributed by atoms with Gasteiger partial charge in [-0.1, -0.05) is 35.6 Å². The quantitative estimate of drug-likeness (QED) is 0.545. The van der Waals surface area contributed by atoms with E-state index >= 15 is 0 Å². The number of hydrogen-bond donors (Lipinski definition) is 0. The number of amides is 1. The SMILES string of the molecule is COCCn1c(=NC(=O)c2coc3ccccc3c2=O)sc2ccccc21. The molecule has 0 unspecified atom stereocenters. The number of para-hydroxylation sites is 2. The van der Waals surface area contributed by atoms with Crippen molar-refractivity contribution in [2.75, 3.05) is 13.7 Å². The van der Waals surface area contributed by atoms with Crippen molar-refractivity contribution >= 4 is 38.4 Å².